The van der Waals surface area contributed by atoms with E-state index in [4.69, 9.17) is 22.2 Å². The molecule has 2 aromatic heterocycles. The molecule has 0 radical (unpaired) electrons. The van der Waals surface area contributed by atoms with Crippen LogP contribution in [0.25, 0.3) is 0 Å². The fourth-order valence-electron chi connectivity index (χ4n) is 7.32. The Morgan fingerprint density at radius 1 is 0.985 bits per heavy atom. The first kappa shape index (κ1) is 53.9. The van der Waals surface area contributed by atoms with Gasteiger partial charge in [-0.3, -0.25) is 38.0 Å². The summed E-state index contributed by atoms with van der Waals surface area (Å²) in [7, 11) is -5.13. The van der Waals surface area contributed by atoms with E-state index in [9.17, 15) is 48.2 Å². The number of nitrogens with one attached hydrogen (secondary N) is 4. The Morgan fingerprint density at radius 2 is 1.69 bits per heavy atom. The number of aromatic nitrogens is 4. The van der Waals surface area contributed by atoms with Crippen molar-refractivity contribution in [2.24, 2.45) is 16.8 Å². The fraction of sp³-hybridized carbons (Fsp3) is 0.548. The van der Waals surface area contributed by atoms with Crippen molar-refractivity contribution in [3.8, 4) is 0 Å². The third-order valence-electron chi connectivity index (χ3n) is 10.7. The number of unbranched alkanes of at least 4 members (excludes halogenated alkanes) is 2. The molecular formula is C42H61ClN11O12P. The third kappa shape index (κ3) is 17.5. The topological polar surface area (TPSA) is 324 Å². The monoisotopic (exact) mass is 977 g/mol. The molecule has 0 saturated carbocycles. The van der Waals surface area contributed by atoms with Crippen molar-refractivity contribution in [2.45, 2.75) is 122 Å². The Labute approximate surface area is 392 Å². The average Bonchev–Trinajstić information content (AvgIpc) is 4.04. The molecule has 1 aliphatic rings. The maximum absolute atomic E-state index is 14.1. The van der Waals surface area contributed by atoms with Crippen molar-refractivity contribution in [2.75, 3.05) is 19.8 Å². The minimum Gasteiger partial charge on any atom is -0.396 e. The van der Waals surface area contributed by atoms with Crippen molar-refractivity contribution >= 4 is 61.1 Å². The van der Waals surface area contributed by atoms with Crippen LogP contribution in [0.5, 0.6) is 0 Å². The van der Waals surface area contributed by atoms with Crippen LogP contribution in [-0.4, -0.2) is 137 Å². The van der Waals surface area contributed by atoms with Gasteiger partial charge in [-0.05, 0) is 63.0 Å². The Kier molecular flexibility index (Phi) is 20.9. The number of hydrogen-bond acceptors (Lipinski definition) is 13. The minimum atomic E-state index is -5.13. The molecule has 0 unspecified atom stereocenters. The van der Waals surface area contributed by atoms with Gasteiger partial charge in [0.2, 0.25) is 35.4 Å². The number of primary amides is 1. The number of aliphatic hydroxyl groups excluding tert-OH is 1. The molecule has 3 aromatic rings. The maximum Gasteiger partial charge on any atom is 0.469 e. The maximum atomic E-state index is 14.1. The predicted molar refractivity (Wildman–Crippen MR) is 243 cm³/mol. The quantitative estimate of drug-likeness (QED) is 0.0224. The lowest BCUT2D eigenvalue weighted by molar-refractivity contribution is -0.139. The molecule has 1 saturated heterocycles. The number of benzene rings is 1. The van der Waals surface area contributed by atoms with Crippen molar-refractivity contribution in [3.63, 3.8) is 0 Å². The van der Waals surface area contributed by atoms with E-state index in [1.807, 2.05) is 44.3 Å². The summed E-state index contributed by atoms with van der Waals surface area (Å²) >= 11 is 6.26. The number of nitrogens with zero attached hydrogens (tertiary/aromatic N) is 6. The number of aryl methyl sites for hydroxylation is 1. The zero-order valence-corrected chi connectivity index (χ0v) is 39.5. The van der Waals surface area contributed by atoms with Crippen molar-refractivity contribution in [1.29, 1.82) is 0 Å². The molecule has 1 aromatic carbocycles. The van der Waals surface area contributed by atoms with Crippen LogP contribution in [-0.2, 0) is 62.2 Å². The van der Waals surface area contributed by atoms with Crippen LogP contribution >= 0.6 is 19.4 Å². The predicted octanol–water partition coefficient (Wildman–Crippen LogP) is 0.516. The summed E-state index contributed by atoms with van der Waals surface area (Å²) in [6.07, 6.45) is 9.51. The van der Waals surface area contributed by atoms with Gasteiger partial charge in [0.15, 0.2) is 0 Å². The second-order valence-electron chi connectivity index (χ2n) is 16.5. The second kappa shape index (κ2) is 26.0. The lowest BCUT2D eigenvalue weighted by Gasteiger charge is -2.28. The van der Waals surface area contributed by atoms with Gasteiger partial charge in [-0.25, -0.2) is 9.55 Å². The molecular weight excluding hydrogens is 917 g/mol. The number of carbonyl (C=O) groups is 6. The molecule has 0 aliphatic carbocycles. The van der Waals surface area contributed by atoms with E-state index in [0.717, 1.165) is 24.5 Å². The standard InChI is InChI=1S/C42H61ClN11O12P/c1-26(2)17-33(49-42(61)36-13-10-15-54(36)28(4)56)39(58)48-34(40(59)50-35(24-55)41(60)51-37(38(44)57)27(3)66-67(62,63)64)18-31-21-45-25-52(31)14-8-5-9-16-65-47-20-29-19-46-53(22-29)23-30-11-6-7-12-32(30)43/h6-7,11-12,19-22,25-27,33-37,55H,5,8-10,13-18,23-24H2,1-4H3,(H2,44,57)(H,48,58)(H,49,61)(H,50,59)(H,51,60)(H2,62,63,64)/b47-20+/t27-,33+,34+,35+,36+,37+/m1/s1. The summed E-state index contributed by atoms with van der Waals surface area (Å²) in [6, 6.07) is 0.605. The lowest BCUT2D eigenvalue weighted by atomic mass is 10.0. The molecule has 1 fully saturated rings. The lowest BCUT2D eigenvalue weighted by Crippen LogP contribution is -2.61. The molecule has 23 nitrogen and oxygen atoms in total. The van der Waals surface area contributed by atoms with Gasteiger partial charge in [-0.1, -0.05) is 48.8 Å². The molecule has 4 rings (SSSR count). The van der Waals surface area contributed by atoms with E-state index in [-0.39, 0.29) is 24.7 Å². The van der Waals surface area contributed by atoms with E-state index in [2.05, 4.69) is 41.0 Å². The van der Waals surface area contributed by atoms with E-state index in [1.54, 1.807) is 28.0 Å². The average molecular weight is 978 g/mol. The highest BCUT2D eigenvalue weighted by atomic mass is 35.5. The van der Waals surface area contributed by atoms with E-state index in [1.165, 1.54) is 18.0 Å². The first-order valence-electron chi connectivity index (χ1n) is 21.8. The van der Waals surface area contributed by atoms with Crippen LogP contribution in [0.1, 0.15) is 83.0 Å². The number of likely N-dealkylation sites (tertiary alicyclic amines) is 1. The van der Waals surface area contributed by atoms with Crippen LogP contribution in [0.4, 0.5) is 0 Å². The number of phosphoric acid groups is 1. The smallest absolute Gasteiger partial charge is 0.396 e. The van der Waals surface area contributed by atoms with Gasteiger partial charge >= 0.3 is 7.82 Å². The van der Waals surface area contributed by atoms with Gasteiger partial charge in [-0.15, -0.1) is 0 Å². The van der Waals surface area contributed by atoms with Crippen LogP contribution in [0.2, 0.25) is 5.02 Å². The van der Waals surface area contributed by atoms with Crippen LogP contribution in [0.15, 0.2) is 54.3 Å². The zero-order valence-electron chi connectivity index (χ0n) is 37.8. The zero-order chi connectivity index (χ0) is 49.3. The summed E-state index contributed by atoms with van der Waals surface area (Å²) in [6.45, 7) is 6.78. The van der Waals surface area contributed by atoms with Crippen LogP contribution in [0, 0.1) is 5.92 Å². The normalized spacial score (nSPS) is 16.3. The Hall–Kier alpha value is -5.71. The number of oxime groups is 1. The van der Waals surface area contributed by atoms with Gasteiger partial charge in [0, 0.05) is 55.1 Å². The largest absolute Gasteiger partial charge is 0.469 e. The van der Waals surface area contributed by atoms with Crippen LogP contribution < -0.4 is 27.0 Å². The molecule has 0 bridgehead atoms. The number of amides is 6. The Bertz CT molecular complexity index is 2230. The van der Waals surface area contributed by atoms with Gasteiger partial charge in [0.1, 0.15) is 36.8 Å². The minimum absolute atomic E-state index is 0.109. The summed E-state index contributed by atoms with van der Waals surface area (Å²) in [5, 5.41) is 29.2. The van der Waals surface area contributed by atoms with Crippen molar-refractivity contribution in [1.82, 2.24) is 45.5 Å². The molecule has 1 aliphatic heterocycles. The van der Waals surface area contributed by atoms with Crippen molar-refractivity contribution in [3.05, 3.63) is 71.0 Å². The summed E-state index contributed by atoms with van der Waals surface area (Å²) in [5.41, 5.74) is 7.54. The summed E-state index contributed by atoms with van der Waals surface area (Å²) in [5.74, 6) is -5.01. The molecule has 368 valence electrons. The number of halogens is 1. The summed E-state index contributed by atoms with van der Waals surface area (Å²) in [4.78, 5) is 109. The SMILES string of the molecule is CC(=O)N1CCC[C@H]1C(=O)N[C@@H](CC(C)C)C(=O)N[C@@H](Cc1cncn1CCCCCO/N=C/c1cnn(Cc2ccccc2Cl)c1)C(=O)N[C@@H](CO)C(=O)N[C@H](C(N)=O)[C@@H](C)OP(=O)(O)O. The molecule has 6 atom stereocenters. The van der Waals surface area contributed by atoms with Crippen LogP contribution in [0.3, 0.4) is 0 Å². The number of nitrogens with two attached hydrogens (primary N) is 1. The summed E-state index contributed by atoms with van der Waals surface area (Å²) < 4.78 is 19.4. The number of rotatable bonds is 27. The highest BCUT2D eigenvalue weighted by Crippen LogP contribution is 2.38. The highest BCUT2D eigenvalue weighted by molar-refractivity contribution is 7.46. The number of phosphoric ester groups is 1. The molecule has 25 heteroatoms. The molecule has 6 amide bonds. The molecule has 9 N–H and O–H groups in total. The third-order valence-corrected chi connectivity index (χ3v) is 11.7. The first-order chi connectivity index (χ1) is 31.8. The molecule has 67 heavy (non-hydrogen) atoms. The number of imidazole rings is 1. The number of aliphatic hydroxyl groups is 1. The Balaban J connectivity index is 1.42. The highest BCUT2D eigenvalue weighted by Gasteiger charge is 2.37. The second-order valence-corrected chi connectivity index (χ2v) is 18.1. The van der Waals surface area contributed by atoms with Crippen molar-refractivity contribution < 1.29 is 57.6 Å². The Morgan fingerprint density at radius 3 is 2.36 bits per heavy atom. The number of hydrogen-bond donors (Lipinski definition) is 8. The van der Waals surface area contributed by atoms with E-state index >= 15 is 0 Å². The van der Waals surface area contributed by atoms with Gasteiger partial charge in [0.25, 0.3) is 0 Å². The molecule has 0 spiro atoms. The number of carbonyl (C=O) groups excluding carboxylic acids is 6. The van der Waals surface area contributed by atoms with Gasteiger partial charge < -0.3 is 56.2 Å². The van der Waals surface area contributed by atoms with Gasteiger partial charge in [0.05, 0.1) is 38.0 Å². The van der Waals surface area contributed by atoms with Gasteiger partial charge in [-0.2, -0.15) is 5.10 Å². The fourth-order valence-corrected chi connectivity index (χ4v) is 8.08. The van der Waals surface area contributed by atoms with E-state index in [0.29, 0.717) is 62.6 Å². The first-order valence-corrected chi connectivity index (χ1v) is 23.7. The molecule has 3 heterocycles. The van der Waals surface area contributed by atoms with E-state index < -0.39 is 80.3 Å².